The lowest BCUT2D eigenvalue weighted by Crippen LogP contribution is -2.20. The number of ether oxygens (including phenoxy) is 1. The van der Waals surface area contributed by atoms with Gasteiger partial charge in [-0.3, -0.25) is 4.57 Å². The first-order valence-electron chi connectivity index (χ1n) is 6.84. The second kappa shape index (κ2) is 6.15. The van der Waals surface area contributed by atoms with Crippen molar-refractivity contribution in [1.82, 2.24) is 9.13 Å². The molecule has 3 rings (SSSR count). The molecule has 1 heterocycles. The Labute approximate surface area is 133 Å². The number of rotatable bonds is 4. The number of hydrogen-bond acceptors (Lipinski definition) is 3. The quantitative estimate of drug-likeness (QED) is 0.741. The largest absolute Gasteiger partial charge is 0.497 e. The van der Waals surface area contributed by atoms with Crippen molar-refractivity contribution < 1.29 is 4.74 Å². The lowest BCUT2D eigenvalue weighted by Gasteiger charge is -2.05. The van der Waals surface area contributed by atoms with Gasteiger partial charge in [0.05, 0.1) is 12.8 Å². The zero-order valence-electron chi connectivity index (χ0n) is 12.4. The Morgan fingerprint density at radius 2 is 1.50 bits per heavy atom. The van der Waals surface area contributed by atoms with E-state index in [4.69, 9.17) is 4.74 Å². The number of imidazole rings is 1. The van der Waals surface area contributed by atoms with Crippen molar-refractivity contribution in [3.8, 4) is 11.4 Å². The van der Waals surface area contributed by atoms with E-state index < -0.39 is 0 Å². The van der Waals surface area contributed by atoms with E-state index >= 15 is 0 Å². The van der Waals surface area contributed by atoms with Gasteiger partial charge in [-0.2, -0.15) is 0 Å². The highest BCUT2D eigenvalue weighted by Crippen LogP contribution is 2.29. The van der Waals surface area contributed by atoms with Crippen molar-refractivity contribution >= 4 is 11.8 Å². The van der Waals surface area contributed by atoms with Gasteiger partial charge in [0, 0.05) is 29.2 Å². The number of benzene rings is 2. The zero-order chi connectivity index (χ0) is 15.5. The van der Waals surface area contributed by atoms with Crippen molar-refractivity contribution in [1.29, 1.82) is 0 Å². The zero-order valence-corrected chi connectivity index (χ0v) is 13.2. The molecule has 0 radical (unpaired) electrons. The summed E-state index contributed by atoms with van der Waals surface area (Å²) in [7, 11) is 3.40. The summed E-state index contributed by atoms with van der Waals surface area (Å²) in [5.74, 6) is 0.850. The van der Waals surface area contributed by atoms with E-state index in [0.717, 1.165) is 21.2 Å². The highest BCUT2D eigenvalue weighted by atomic mass is 32.2. The van der Waals surface area contributed by atoms with Gasteiger partial charge in [-0.1, -0.05) is 11.8 Å². The molecule has 4 nitrogen and oxygen atoms in total. The standard InChI is InChI=1S/C17H16N2O2S/c1-18-11-12-19(17(18)20)13-3-7-15(8-4-13)22-16-9-5-14(21-2)6-10-16/h3-12H,1-2H3. The predicted molar refractivity (Wildman–Crippen MR) is 88.1 cm³/mol. The molecule has 0 saturated heterocycles. The first-order chi connectivity index (χ1) is 10.7. The molecule has 112 valence electrons. The van der Waals surface area contributed by atoms with Crippen molar-refractivity contribution in [2.24, 2.45) is 7.05 Å². The lowest BCUT2D eigenvalue weighted by molar-refractivity contribution is 0.414. The average Bonchev–Trinajstić information content (AvgIpc) is 2.89. The molecular formula is C17H16N2O2S. The highest BCUT2D eigenvalue weighted by Gasteiger charge is 2.03. The smallest absolute Gasteiger partial charge is 0.332 e. The van der Waals surface area contributed by atoms with Crippen LogP contribution in [0.3, 0.4) is 0 Å². The van der Waals surface area contributed by atoms with Crippen LogP contribution >= 0.6 is 11.8 Å². The first kappa shape index (κ1) is 14.5. The van der Waals surface area contributed by atoms with Crippen LogP contribution in [0.2, 0.25) is 0 Å². The van der Waals surface area contributed by atoms with Gasteiger partial charge >= 0.3 is 5.69 Å². The second-order valence-electron chi connectivity index (χ2n) is 4.83. The number of aromatic nitrogens is 2. The van der Waals surface area contributed by atoms with Gasteiger partial charge in [0.25, 0.3) is 0 Å². The van der Waals surface area contributed by atoms with E-state index in [1.807, 2.05) is 48.5 Å². The monoisotopic (exact) mass is 312 g/mol. The van der Waals surface area contributed by atoms with Crippen LogP contribution in [0, 0.1) is 0 Å². The van der Waals surface area contributed by atoms with E-state index in [9.17, 15) is 4.79 Å². The molecule has 0 spiro atoms. The van der Waals surface area contributed by atoms with Crippen LogP contribution in [-0.2, 0) is 7.05 Å². The predicted octanol–water partition coefficient (Wildman–Crippen LogP) is 3.34. The Bertz CT molecular complexity index is 817. The molecule has 0 aliphatic heterocycles. The first-order valence-corrected chi connectivity index (χ1v) is 7.65. The Morgan fingerprint density at radius 1 is 0.909 bits per heavy atom. The van der Waals surface area contributed by atoms with E-state index in [-0.39, 0.29) is 5.69 Å². The summed E-state index contributed by atoms with van der Waals surface area (Å²) in [5, 5.41) is 0. The molecule has 22 heavy (non-hydrogen) atoms. The molecule has 0 aliphatic carbocycles. The molecular weight excluding hydrogens is 296 g/mol. The Kier molecular flexibility index (Phi) is 4.06. The molecule has 0 fully saturated rings. The summed E-state index contributed by atoms with van der Waals surface area (Å²) >= 11 is 1.67. The van der Waals surface area contributed by atoms with Gasteiger partial charge in [-0.15, -0.1) is 0 Å². The van der Waals surface area contributed by atoms with Crippen LogP contribution in [0.15, 0.2) is 75.5 Å². The molecule has 1 aromatic heterocycles. The molecule has 0 saturated carbocycles. The van der Waals surface area contributed by atoms with Crippen molar-refractivity contribution in [3.05, 3.63) is 71.4 Å². The SMILES string of the molecule is COc1ccc(Sc2ccc(-n3ccn(C)c3=O)cc2)cc1. The van der Waals surface area contributed by atoms with Crippen LogP contribution in [0.5, 0.6) is 5.75 Å². The molecule has 5 heteroatoms. The molecule has 3 aromatic rings. The third kappa shape index (κ3) is 2.94. The fraction of sp³-hybridized carbons (Fsp3) is 0.118. The molecule has 0 unspecified atom stereocenters. The van der Waals surface area contributed by atoms with Crippen LogP contribution < -0.4 is 10.4 Å². The lowest BCUT2D eigenvalue weighted by atomic mass is 10.3. The maximum Gasteiger partial charge on any atom is 0.332 e. The molecule has 0 atom stereocenters. The van der Waals surface area contributed by atoms with Gasteiger partial charge in [0.1, 0.15) is 5.75 Å². The molecule has 0 bridgehead atoms. The highest BCUT2D eigenvalue weighted by molar-refractivity contribution is 7.99. The molecule has 0 N–H and O–H groups in total. The fourth-order valence-corrected chi connectivity index (χ4v) is 2.93. The molecule has 0 aliphatic rings. The van der Waals surface area contributed by atoms with Crippen molar-refractivity contribution in [2.45, 2.75) is 9.79 Å². The maximum atomic E-state index is 11.9. The minimum absolute atomic E-state index is 0.0458. The van der Waals surface area contributed by atoms with Crippen LogP contribution in [0.25, 0.3) is 5.69 Å². The van der Waals surface area contributed by atoms with Crippen LogP contribution in [0.1, 0.15) is 0 Å². The van der Waals surface area contributed by atoms with Gasteiger partial charge in [0.15, 0.2) is 0 Å². The minimum Gasteiger partial charge on any atom is -0.497 e. The summed E-state index contributed by atoms with van der Waals surface area (Å²) in [5.41, 5.74) is 0.820. The molecule has 2 aromatic carbocycles. The normalized spacial score (nSPS) is 10.6. The van der Waals surface area contributed by atoms with Gasteiger partial charge in [0.2, 0.25) is 0 Å². The van der Waals surface area contributed by atoms with E-state index in [2.05, 4.69) is 0 Å². The van der Waals surface area contributed by atoms with Crippen LogP contribution in [-0.4, -0.2) is 16.2 Å². The Hall–Kier alpha value is -2.40. The second-order valence-corrected chi connectivity index (χ2v) is 5.98. The van der Waals surface area contributed by atoms with Gasteiger partial charge < -0.3 is 9.30 Å². The number of aryl methyl sites for hydroxylation is 1. The van der Waals surface area contributed by atoms with Crippen LogP contribution in [0.4, 0.5) is 0 Å². The number of methoxy groups -OCH3 is 1. The topological polar surface area (TPSA) is 36.2 Å². The number of hydrogen-bond donors (Lipinski definition) is 0. The summed E-state index contributed by atoms with van der Waals surface area (Å²) in [6.45, 7) is 0. The number of nitrogens with zero attached hydrogens (tertiary/aromatic N) is 2. The third-order valence-corrected chi connectivity index (χ3v) is 4.37. The van der Waals surface area contributed by atoms with Crippen molar-refractivity contribution in [2.75, 3.05) is 7.11 Å². The van der Waals surface area contributed by atoms with E-state index in [1.165, 1.54) is 0 Å². The summed E-state index contributed by atoms with van der Waals surface area (Å²) in [4.78, 5) is 14.2. The minimum atomic E-state index is -0.0458. The summed E-state index contributed by atoms with van der Waals surface area (Å²) in [6.07, 6.45) is 3.52. The fourth-order valence-electron chi connectivity index (χ4n) is 2.12. The van der Waals surface area contributed by atoms with E-state index in [1.54, 1.807) is 47.4 Å². The molecule has 0 amide bonds. The van der Waals surface area contributed by atoms with E-state index in [0.29, 0.717) is 0 Å². The summed E-state index contributed by atoms with van der Waals surface area (Å²) < 4.78 is 8.34. The Morgan fingerprint density at radius 3 is 2.00 bits per heavy atom. The van der Waals surface area contributed by atoms with Crippen molar-refractivity contribution in [3.63, 3.8) is 0 Å². The third-order valence-electron chi connectivity index (χ3n) is 3.36. The Balaban J connectivity index is 1.79. The average molecular weight is 312 g/mol. The van der Waals surface area contributed by atoms with Gasteiger partial charge in [-0.05, 0) is 48.5 Å². The maximum absolute atomic E-state index is 11.9. The summed E-state index contributed by atoms with van der Waals surface area (Å²) in [6, 6.07) is 15.9. The van der Waals surface area contributed by atoms with Gasteiger partial charge in [-0.25, -0.2) is 4.79 Å².